The van der Waals surface area contributed by atoms with E-state index in [1.165, 1.54) is 12.1 Å². The first-order valence-electron chi connectivity index (χ1n) is 10.4. The maximum absolute atomic E-state index is 12.7. The predicted molar refractivity (Wildman–Crippen MR) is 127 cm³/mol. The summed E-state index contributed by atoms with van der Waals surface area (Å²) in [6.07, 6.45) is 0. The summed E-state index contributed by atoms with van der Waals surface area (Å²) in [5, 5.41) is 3.81. The van der Waals surface area contributed by atoms with E-state index in [0.29, 0.717) is 33.8 Å². The Balaban J connectivity index is 1.61. The fourth-order valence-corrected chi connectivity index (χ4v) is 4.10. The Hall–Kier alpha value is -4.12. The highest BCUT2D eigenvalue weighted by atomic mass is 32.2. The zero-order valence-electron chi connectivity index (χ0n) is 18.7. The third kappa shape index (κ3) is 5.09. The van der Waals surface area contributed by atoms with Crippen molar-refractivity contribution in [2.24, 2.45) is 0 Å². The summed E-state index contributed by atoms with van der Waals surface area (Å²) in [6.45, 7) is 5.38. The van der Waals surface area contributed by atoms with Crippen LogP contribution >= 0.6 is 0 Å². The number of rotatable bonds is 7. The Morgan fingerprint density at radius 2 is 1.65 bits per heavy atom. The Kier molecular flexibility index (Phi) is 6.37. The van der Waals surface area contributed by atoms with Gasteiger partial charge in [-0.2, -0.15) is 0 Å². The Bertz CT molecular complexity index is 1450. The zero-order valence-corrected chi connectivity index (χ0v) is 19.5. The number of carbonyl (C=O) groups is 1. The summed E-state index contributed by atoms with van der Waals surface area (Å²) in [7, 11) is -4.01. The summed E-state index contributed by atoms with van der Waals surface area (Å²) >= 11 is 0. The molecule has 10 nitrogen and oxygen atoms in total. The van der Waals surface area contributed by atoms with Crippen molar-refractivity contribution in [1.29, 1.82) is 0 Å². The molecule has 0 amide bonds. The van der Waals surface area contributed by atoms with Crippen LogP contribution in [0, 0.1) is 13.8 Å². The van der Waals surface area contributed by atoms with E-state index in [1.54, 1.807) is 51.1 Å². The number of hydrogen-bond acceptors (Lipinski definition) is 9. The molecule has 174 valence electrons. The van der Waals surface area contributed by atoms with E-state index in [-0.39, 0.29) is 23.3 Å². The number of hydrogen-bond donors (Lipinski definition) is 1. The van der Waals surface area contributed by atoms with Gasteiger partial charge in [0, 0.05) is 17.0 Å². The molecular formula is C23H21N6O4S-. The van der Waals surface area contributed by atoms with Crippen molar-refractivity contribution in [2.75, 3.05) is 11.9 Å². The molecule has 0 saturated carbocycles. The zero-order chi connectivity index (χ0) is 24.3. The van der Waals surface area contributed by atoms with Crippen LogP contribution in [0.3, 0.4) is 0 Å². The lowest BCUT2D eigenvalue weighted by Crippen LogP contribution is -2.11. The van der Waals surface area contributed by atoms with Crippen LogP contribution < -0.4 is 5.32 Å². The molecule has 0 radical (unpaired) electrons. The number of ether oxygens (including phenoxy) is 1. The normalized spacial score (nSPS) is 11.3. The molecule has 0 bridgehead atoms. The third-order valence-electron chi connectivity index (χ3n) is 4.65. The van der Waals surface area contributed by atoms with Crippen molar-refractivity contribution in [3.8, 4) is 0 Å². The van der Waals surface area contributed by atoms with E-state index in [4.69, 9.17) is 4.74 Å². The van der Waals surface area contributed by atoms with Gasteiger partial charge in [-0.05, 0) is 68.6 Å². The van der Waals surface area contributed by atoms with Crippen molar-refractivity contribution >= 4 is 44.3 Å². The van der Waals surface area contributed by atoms with Gasteiger partial charge in [0.15, 0.2) is 0 Å². The number of fused-ring (bicyclic) bond motifs is 1. The minimum atomic E-state index is -4.01. The van der Waals surface area contributed by atoms with Crippen LogP contribution in [0.4, 0.5) is 17.5 Å². The molecule has 4 aromatic rings. The molecule has 2 heterocycles. The van der Waals surface area contributed by atoms with E-state index in [1.807, 2.05) is 12.1 Å². The van der Waals surface area contributed by atoms with Crippen molar-refractivity contribution in [2.45, 2.75) is 25.7 Å². The Morgan fingerprint density at radius 3 is 2.32 bits per heavy atom. The second kappa shape index (κ2) is 9.40. The number of benzene rings is 2. The molecular weight excluding hydrogens is 456 g/mol. The molecule has 0 aliphatic rings. The highest BCUT2D eigenvalue weighted by Crippen LogP contribution is 2.28. The van der Waals surface area contributed by atoms with E-state index >= 15 is 0 Å². The van der Waals surface area contributed by atoms with Crippen LogP contribution in [0.5, 0.6) is 0 Å². The van der Waals surface area contributed by atoms with Crippen molar-refractivity contribution in [3.05, 3.63) is 76.5 Å². The molecule has 1 N–H and O–H groups in total. The van der Waals surface area contributed by atoms with Gasteiger partial charge in [0.2, 0.25) is 15.8 Å². The quantitative estimate of drug-likeness (QED) is 0.385. The average Bonchev–Trinajstić information content (AvgIpc) is 2.78. The smallest absolute Gasteiger partial charge is 0.376 e. The van der Waals surface area contributed by atoms with Gasteiger partial charge in [0.25, 0.3) is 0 Å². The van der Waals surface area contributed by atoms with Gasteiger partial charge in [0.1, 0.15) is 5.82 Å². The van der Waals surface area contributed by atoms with Crippen molar-refractivity contribution < 1.29 is 17.9 Å². The second-order valence-corrected chi connectivity index (χ2v) is 8.90. The second-order valence-electron chi connectivity index (χ2n) is 7.30. The van der Waals surface area contributed by atoms with Gasteiger partial charge in [-0.25, -0.2) is 23.2 Å². The van der Waals surface area contributed by atoms with E-state index in [0.717, 1.165) is 0 Å². The van der Waals surface area contributed by atoms with Crippen molar-refractivity contribution in [3.63, 3.8) is 0 Å². The van der Waals surface area contributed by atoms with Crippen LogP contribution in [0.1, 0.15) is 28.9 Å². The van der Waals surface area contributed by atoms with Gasteiger partial charge in [-0.3, -0.25) is 4.72 Å². The fourth-order valence-electron chi connectivity index (χ4n) is 3.21. The van der Waals surface area contributed by atoms with Crippen LogP contribution in [0.2, 0.25) is 0 Å². The Morgan fingerprint density at radius 1 is 0.971 bits per heavy atom. The number of anilines is 2. The predicted octanol–water partition coefficient (Wildman–Crippen LogP) is 4.35. The van der Waals surface area contributed by atoms with Crippen LogP contribution in [0.25, 0.3) is 15.6 Å². The molecule has 0 atom stereocenters. The van der Waals surface area contributed by atoms with E-state index in [2.05, 4.69) is 30.0 Å². The molecule has 4 rings (SSSR count). The van der Waals surface area contributed by atoms with Gasteiger partial charge in [0.05, 0.1) is 17.0 Å². The number of aryl methyl sites for hydroxylation is 2. The van der Waals surface area contributed by atoms with Gasteiger partial charge < -0.3 is 20.0 Å². The molecule has 0 aliphatic heterocycles. The molecule has 0 saturated heterocycles. The number of nitrogens with zero attached hydrogens (tertiary/aromatic N) is 5. The highest BCUT2D eigenvalue weighted by Gasteiger charge is 2.16. The molecule has 0 aliphatic carbocycles. The standard InChI is InChI=1S/C23H21N6O4S/c1-4-33-22(30)21-27-19-8-6-5-7-18(19)20(28-21)26-16-9-11-17(12-10-16)34(31,32)29-23-24-14(2)13-15(3)25-23/h5-13H,4H2,1-3H3,(H-,24,25,26,27,28,29)/q-1. The molecule has 34 heavy (non-hydrogen) atoms. The van der Waals surface area contributed by atoms with Crippen LogP contribution in [-0.4, -0.2) is 40.9 Å². The van der Waals surface area contributed by atoms with Crippen LogP contribution in [-0.2, 0) is 14.8 Å². The molecule has 11 heteroatoms. The lowest BCUT2D eigenvalue weighted by molar-refractivity contribution is 0.0512. The monoisotopic (exact) mass is 477 g/mol. The number of para-hydroxylation sites is 1. The van der Waals surface area contributed by atoms with Crippen LogP contribution in [0.15, 0.2) is 59.5 Å². The van der Waals surface area contributed by atoms with Gasteiger partial charge in [-0.15, -0.1) is 0 Å². The lowest BCUT2D eigenvalue weighted by atomic mass is 10.2. The number of carbonyl (C=O) groups excluding carboxylic acids is 1. The van der Waals surface area contributed by atoms with Gasteiger partial charge >= 0.3 is 5.97 Å². The largest absolute Gasteiger partial charge is 0.460 e. The Labute approximate surface area is 196 Å². The number of sulfonamides is 1. The highest BCUT2D eigenvalue weighted by molar-refractivity contribution is 7.94. The first-order chi connectivity index (χ1) is 16.2. The average molecular weight is 478 g/mol. The summed E-state index contributed by atoms with van der Waals surface area (Å²) in [4.78, 5) is 28.9. The molecule has 2 aromatic carbocycles. The number of nitrogens with one attached hydrogen (secondary N) is 1. The summed E-state index contributed by atoms with van der Waals surface area (Å²) in [5.74, 6) is -0.432. The SMILES string of the molecule is CCOC(=O)c1nc(Nc2ccc(S(=O)(=O)[N-]c3nc(C)cc(C)n3)cc2)c2ccccc2n1. The van der Waals surface area contributed by atoms with E-state index in [9.17, 15) is 13.2 Å². The number of aromatic nitrogens is 4. The first kappa shape index (κ1) is 23.1. The lowest BCUT2D eigenvalue weighted by Gasteiger charge is -2.15. The van der Waals surface area contributed by atoms with Gasteiger partial charge in [-0.1, -0.05) is 18.2 Å². The minimum absolute atomic E-state index is 0.0134. The third-order valence-corrected chi connectivity index (χ3v) is 5.92. The minimum Gasteiger partial charge on any atom is -0.460 e. The molecule has 0 spiro atoms. The maximum Gasteiger partial charge on any atom is 0.376 e. The summed E-state index contributed by atoms with van der Waals surface area (Å²) in [5.41, 5.74) is 2.37. The molecule has 0 unspecified atom stereocenters. The van der Waals surface area contributed by atoms with Crippen molar-refractivity contribution in [1.82, 2.24) is 19.9 Å². The summed E-state index contributed by atoms with van der Waals surface area (Å²) in [6, 6.07) is 14.9. The van der Waals surface area contributed by atoms with E-state index < -0.39 is 16.0 Å². The fraction of sp³-hybridized carbons (Fsp3) is 0.174. The molecule has 2 aromatic heterocycles. The topological polar surface area (TPSA) is 138 Å². The maximum atomic E-state index is 12.7. The summed E-state index contributed by atoms with van der Waals surface area (Å²) < 4.78 is 34.2. The first-order valence-corrected chi connectivity index (χ1v) is 11.8. The number of esters is 1. The molecule has 0 fully saturated rings.